The van der Waals surface area contributed by atoms with Gasteiger partial charge in [0.1, 0.15) is 0 Å². The van der Waals surface area contributed by atoms with Crippen LogP contribution in [0.1, 0.15) is 37.9 Å². The second-order valence-corrected chi connectivity index (χ2v) is 6.44. The molecule has 0 fully saturated rings. The molecule has 0 unspecified atom stereocenters. The van der Waals surface area contributed by atoms with Crippen LogP contribution in [0.25, 0.3) is 0 Å². The zero-order valence-corrected chi connectivity index (χ0v) is 15.0. The highest BCUT2D eigenvalue weighted by molar-refractivity contribution is 14.0. The van der Waals surface area contributed by atoms with Crippen LogP contribution in [0.15, 0.2) is 10.4 Å². The first kappa shape index (κ1) is 16.7. The fourth-order valence-corrected chi connectivity index (χ4v) is 2.67. The second kappa shape index (κ2) is 7.42. The average Bonchev–Trinajstić information content (AvgIpc) is 2.79. The third kappa shape index (κ3) is 5.25. The van der Waals surface area contributed by atoms with Crippen molar-refractivity contribution >= 4 is 41.3 Å². The number of nitrogens with zero attached hydrogens (tertiary/aromatic N) is 2. The molecule has 0 aliphatic carbocycles. The summed E-state index contributed by atoms with van der Waals surface area (Å²) in [7, 11) is 0. The average molecular weight is 394 g/mol. The van der Waals surface area contributed by atoms with Crippen LogP contribution in [0, 0.1) is 0 Å². The molecule has 0 saturated heterocycles. The SMILES string of the molecule is CC(C)(C)c1nc(CCNC2=NCCCN2)cs1.I. The highest BCUT2D eigenvalue weighted by atomic mass is 127. The molecule has 1 aliphatic rings. The third-order valence-corrected chi connectivity index (χ3v) is 4.08. The van der Waals surface area contributed by atoms with Crippen LogP contribution >= 0.6 is 35.3 Å². The predicted molar refractivity (Wildman–Crippen MR) is 92.9 cm³/mol. The van der Waals surface area contributed by atoms with Gasteiger partial charge in [0.2, 0.25) is 0 Å². The van der Waals surface area contributed by atoms with Crippen LogP contribution in [0.4, 0.5) is 0 Å². The smallest absolute Gasteiger partial charge is 0.191 e. The van der Waals surface area contributed by atoms with Gasteiger partial charge >= 0.3 is 0 Å². The van der Waals surface area contributed by atoms with Crippen LogP contribution in [-0.4, -0.2) is 30.6 Å². The van der Waals surface area contributed by atoms with Gasteiger partial charge in [-0.15, -0.1) is 35.3 Å². The molecule has 6 heteroatoms. The van der Waals surface area contributed by atoms with E-state index in [1.165, 1.54) is 10.7 Å². The van der Waals surface area contributed by atoms with Gasteiger partial charge in [-0.1, -0.05) is 20.8 Å². The Hall–Kier alpha value is -0.370. The molecule has 0 bridgehead atoms. The number of rotatable bonds is 3. The summed E-state index contributed by atoms with van der Waals surface area (Å²) in [6.07, 6.45) is 2.08. The fourth-order valence-electron chi connectivity index (χ4n) is 1.73. The maximum atomic E-state index is 4.68. The highest BCUT2D eigenvalue weighted by Gasteiger charge is 2.17. The lowest BCUT2D eigenvalue weighted by molar-refractivity contribution is 0.582. The summed E-state index contributed by atoms with van der Waals surface area (Å²) >= 11 is 1.76. The number of halogens is 1. The Labute approximate surface area is 136 Å². The van der Waals surface area contributed by atoms with Crippen LogP contribution in [0.3, 0.4) is 0 Å². The van der Waals surface area contributed by atoms with Gasteiger partial charge in [0.05, 0.1) is 10.7 Å². The summed E-state index contributed by atoms with van der Waals surface area (Å²) in [5.74, 6) is 0.938. The van der Waals surface area contributed by atoms with E-state index in [9.17, 15) is 0 Å². The van der Waals surface area contributed by atoms with Gasteiger partial charge in [-0.2, -0.15) is 0 Å². The molecular weight excluding hydrogens is 371 g/mol. The predicted octanol–water partition coefficient (Wildman–Crippen LogP) is 2.54. The molecule has 19 heavy (non-hydrogen) atoms. The lowest BCUT2D eigenvalue weighted by atomic mass is 9.98. The highest BCUT2D eigenvalue weighted by Crippen LogP contribution is 2.25. The van der Waals surface area contributed by atoms with Crippen LogP contribution in [0.2, 0.25) is 0 Å². The van der Waals surface area contributed by atoms with Gasteiger partial charge in [0, 0.05) is 36.9 Å². The molecular formula is C13H23IN4S. The van der Waals surface area contributed by atoms with E-state index in [2.05, 4.69) is 46.8 Å². The zero-order valence-electron chi connectivity index (χ0n) is 11.8. The first-order valence-electron chi connectivity index (χ1n) is 6.53. The number of hydrogen-bond acceptors (Lipinski definition) is 5. The number of hydrogen-bond donors (Lipinski definition) is 2. The van der Waals surface area contributed by atoms with E-state index in [-0.39, 0.29) is 29.4 Å². The van der Waals surface area contributed by atoms with Crippen molar-refractivity contribution < 1.29 is 0 Å². The van der Waals surface area contributed by atoms with E-state index >= 15 is 0 Å². The summed E-state index contributed by atoms with van der Waals surface area (Å²) in [4.78, 5) is 9.06. The maximum absolute atomic E-state index is 4.68. The van der Waals surface area contributed by atoms with Crippen molar-refractivity contribution in [2.45, 2.75) is 39.0 Å². The van der Waals surface area contributed by atoms with Crippen LogP contribution in [-0.2, 0) is 11.8 Å². The van der Waals surface area contributed by atoms with E-state index in [1.54, 1.807) is 11.3 Å². The summed E-state index contributed by atoms with van der Waals surface area (Å²) in [6.45, 7) is 9.45. The van der Waals surface area contributed by atoms with Crippen molar-refractivity contribution in [1.29, 1.82) is 0 Å². The van der Waals surface area contributed by atoms with Crippen molar-refractivity contribution in [2.75, 3.05) is 19.6 Å². The number of nitrogens with one attached hydrogen (secondary N) is 2. The van der Waals surface area contributed by atoms with Crippen LogP contribution < -0.4 is 10.6 Å². The van der Waals surface area contributed by atoms with Crippen molar-refractivity contribution in [3.8, 4) is 0 Å². The standard InChI is InChI=1S/C13H22N4S.HI/c1-13(2,3)11-17-10(9-18-11)5-8-16-12-14-6-4-7-15-12;/h9H,4-8H2,1-3H3,(H2,14,15,16);1H. The third-order valence-electron chi connectivity index (χ3n) is 2.76. The summed E-state index contributed by atoms with van der Waals surface area (Å²) in [6, 6.07) is 0. The Morgan fingerprint density at radius 1 is 1.42 bits per heavy atom. The Bertz CT molecular complexity index is 423. The number of aromatic nitrogens is 1. The van der Waals surface area contributed by atoms with Crippen molar-refractivity contribution in [3.63, 3.8) is 0 Å². The second-order valence-electron chi connectivity index (χ2n) is 5.58. The number of aliphatic imine (C=N–C) groups is 1. The minimum Gasteiger partial charge on any atom is -0.356 e. The molecule has 0 spiro atoms. The first-order valence-corrected chi connectivity index (χ1v) is 7.41. The van der Waals surface area contributed by atoms with Gasteiger partial charge < -0.3 is 10.6 Å². The lowest BCUT2D eigenvalue weighted by Gasteiger charge is -2.15. The van der Waals surface area contributed by atoms with E-state index in [1.807, 2.05) is 0 Å². The molecule has 2 rings (SSSR count). The van der Waals surface area contributed by atoms with Gasteiger partial charge in [-0.25, -0.2) is 4.98 Å². The molecule has 0 aromatic carbocycles. The van der Waals surface area contributed by atoms with Gasteiger partial charge in [-0.3, -0.25) is 4.99 Å². The van der Waals surface area contributed by atoms with E-state index in [4.69, 9.17) is 0 Å². The monoisotopic (exact) mass is 394 g/mol. The van der Waals surface area contributed by atoms with E-state index in [0.29, 0.717) is 0 Å². The van der Waals surface area contributed by atoms with Gasteiger partial charge in [0.15, 0.2) is 5.96 Å². The molecule has 108 valence electrons. The van der Waals surface area contributed by atoms with Crippen molar-refractivity contribution in [3.05, 3.63) is 16.1 Å². The minimum atomic E-state index is 0. The first-order chi connectivity index (χ1) is 8.55. The van der Waals surface area contributed by atoms with Gasteiger partial charge in [0.25, 0.3) is 0 Å². The molecule has 0 radical (unpaired) electrons. The molecule has 0 saturated carbocycles. The molecule has 4 nitrogen and oxygen atoms in total. The van der Waals surface area contributed by atoms with E-state index < -0.39 is 0 Å². The Morgan fingerprint density at radius 2 is 2.21 bits per heavy atom. The molecule has 1 aromatic rings. The molecule has 2 heterocycles. The lowest BCUT2D eigenvalue weighted by Crippen LogP contribution is -2.41. The van der Waals surface area contributed by atoms with Gasteiger partial charge in [-0.05, 0) is 6.42 Å². The summed E-state index contributed by atoms with van der Waals surface area (Å²) in [5.41, 5.74) is 1.33. The van der Waals surface area contributed by atoms with Crippen molar-refractivity contribution in [2.24, 2.45) is 4.99 Å². The number of thiazole rings is 1. The molecule has 1 aromatic heterocycles. The Kier molecular flexibility index (Phi) is 6.52. The molecule has 2 N–H and O–H groups in total. The topological polar surface area (TPSA) is 49.3 Å². The summed E-state index contributed by atoms with van der Waals surface area (Å²) < 4.78 is 0. The van der Waals surface area contributed by atoms with Crippen molar-refractivity contribution in [1.82, 2.24) is 15.6 Å². The Morgan fingerprint density at radius 3 is 2.79 bits per heavy atom. The minimum absolute atomic E-state index is 0. The quantitative estimate of drug-likeness (QED) is 0.775. The normalized spacial score (nSPS) is 15.2. The summed E-state index contributed by atoms with van der Waals surface area (Å²) in [5, 5.41) is 9.96. The zero-order chi connectivity index (χ0) is 13.0. The molecule has 0 atom stereocenters. The fraction of sp³-hybridized carbons (Fsp3) is 0.692. The maximum Gasteiger partial charge on any atom is 0.191 e. The molecule has 0 amide bonds. The number of guanidine groups is 1. The van der Waals surface area contributed by atoms with E-state index in [0.717, 1.165) is 38.4 Å². The Balaban J connectivity index is 0.00000180. The largest absolute Gasteiger partial charge is 0.356 e. The van der Waals surface area contributed by atoms with Crippen LogP contribution in [0.5, 0.6) is 0 Å². The molecule has 1 aliphatic heterocycles.